The highest BCUT2D eigenvalue weighted by molar-refractivity contribution is 9.10. The van der Waals surface area contributed by atoms with Crippen LogP contribution in [0.4, 0.5) is 4.39 Å². The van der Waals surface area contributed by atoms with Gasteiger partial charge in [-0.25, -0.2) is 10.3 Å². The molecule has 0 aliphatic rings. The molecule has 0 saturated carbocycles. The van der Waals surface area contributed by atoms with Crippen LogP contribution in [0.2, 0.25) is 0 Å². The van der Waals surface area contributed by atoms with E-state index in [-0.39, 0.29) is 5.82 Å². The molecular weight excluding hydrogens is 265 g/mol. The first-order chi connectivity index (χ1) is 7.11. The maximum Gasteiger partial charge on any atom is 0.143 e. The topological polar surface area (TPSA) is 44.5 Å². The Balaban J connectivity index is 3.13. The Morgan fingerprint density at radius 1 is 1.53 bits per heavy atom. The van der Waals surface area contributed by atoms with Gasteiger partial charge in [-0.2, -0.15) is 0 Å². The van der Waals surface area contributed by atoms with Crippen molar-refractivity contribution in [3.8, 4) is 5.75 Å². The van der Waals surface area contributed by atoms with E-state index < -0.39 is 0 Å². The Morgan fingerprint density at radius 2 is 2.20 bits per heavy atom. The third-order valence-corrected chi connectivity index (χ3v) is 2.74. The van der Waals surface area contributed by atoms with Crippen molar-refractivity contribution >= 4 is 15.9 Å². The Morgan fingerprint density at radius 3 is 2.73 bits per heavy atom. The van der Waals surface area contributed by atoms with Gasteiger partial charge in [-0.3, -0.25) is 0 Å². The fraction of sp³-hybridized carbons (Fsp3) is 0.400. The molecular formula is C10H13BrFNO2. The van der Waals surface area contributed by atoms with Crippen molar-refractivity contribution in [3.63, 3.8) is 0 Å². The van der Waals surface area contributed by atoms with Crippen LogP contribution < -0.4 is 10.6 Å². The maximum absolute atomic E-state index is 13.5. The number of halogens is 2. The number of hydrogen-bond acceptors (Lipinski definition) is 3. The second-order valence-electron chi connectivity index (χ2n) is 3.11. The summed E-state index contributed by atoms with van der Waals surface area (Å²) in [6, 6.07) is 1.68. The predicted octanol–water partition coefficient (Wildman–Crippen LogP) is 2.34. The number of ether oxygens (including phenoxy) is 1. The van der Waals surface area contributed by atoms with E-state index in [9.17, 15) is 4.39 Å². The summed E-state index contributed by atoms with van der Waals surface area (Å²) in [6.07, 6.45) is 0.583. The second-order valence-corrected chi connectivity index (χ2v) is 3.96. The molecule has 0 fully saturated rings. The zero-order valence-electron chi connectivity index (χ0n) is 8.64. The number of rotatable bonds is 4. The Bertz CT molecular complexity index is 358. The first-order valence-electron chi connectivity index (χ1n) is 4.45. The minimum absolute atomic E-state index is 0.302. The van der Waals surface area contributed by atoms with Crippen LogP contribution in [0, 0.1) is 12.7 Å². The molecule has 1 aromatic carbocycles. The second kappa shape index (κ2) is 5.44. The van der Waals surface area contributed by atoms with Gasteiger partial charge in [0.15, 0.2) is 0 Å². The van der Waals surface area contributed by atoms with Crippen LogP contribution in [-0.2, 0) is 11.3 Å². The lowest BCUT2D eigenvalue weighted by molar-refractivity contribution is 0.140. The molecule has 5 heteroatoms. The number of hydrogen-bond donors (Lipinski definition) is 1. The van der Waals surface area contributed by atoms with E-state index >= 15 is 0 Å². The summed E-state index contributed by atoms with van der Waals surface area (Å²) in [7, 11) is 1.52. The summed E-state index contributed by atoms with van der Waals surface area (Å²) in [4.78, 5) is 4.49. The summed E-state index contributed by atoms with van der Waals surface area (Å²) >= 11 is 3.15. The standard InChI is InChI=1S/C10H13BrFNO2/c1-6-9(12)8(11)5-7(3-4-15-13)10(6)14-2/h5H,3-4,13H2,1-2H3. The average Bonchev–Trinajstić information content (AvgIpc) is 2.23. The number of benzene rings is 1. The molecule has 3 nitrogen and oxygen atoms in total. The van der Waals surface area contributed by atoms with E-state index in [1.165, 1.54) is 7.11 Å². The van der Waals surface area contributed by atoms with Crippen LogP contribution in [0.3, 0.4) is 0 Å². The minimum Gasteiger partial charge on any atom is -0.496 e. The zero-order valence-corrected chi connectivity index (χ0v) is 10.2. The molecule has 0 amide bonds. The molecule has 0 spiro atoms. The third-order valence-electron chi connectivity index (χ3n) is 2.17. The van der Waals surface area contributed by atoms with E-state index in [4.69, 9.17) is 10.6 Å². The van der Waals surface area contributed by atoms with Crippen molar-refractivity contribution in [2.24, 2.45) is 5.90 Å². The molecule has 0 radical (unpaired) electrons. The van der Waals surface area contributed by atoms with E-state index in [0.29, 0.717) is 28.8 Å². The van der Waals surface area contributed by atoms with Gasteiger partial charge in [0.2, 0.25) is 0 Å². The molecule has 0 aliphatic carbocycles. The molecule has 2 N–H and O–H groups in total. The first kappa shape index (κ1) is 12.4. The lowest BCUT2D eigenvalue weighted by Gasteiger charge is -2.12. The van der Waals surface area contributed by atoms with Gasteiger partial charge in [0.25, 0.3) is 0 Å². The summed E-state index contributed by atoms with van der Waals surface area (Å²) in [5.41, 5.74) is 1.35. The average molecular weight is 278 g/mol. The molecule has 0 aliphatic heterocycles. The van der Waals surface area contributed by atoms with Gasteiger partial charge in [-0.1, -0.05) is 0 Å². The minimum atomic E-state index is -0.302. The monoisotopic (exact) mass is 277 g/mol. The fourth-order valence-electron chi connectivity index (χ4n) is 1.44. The van der Waals surface area contributed by atoms with Crippen LogP contribution in [0.15, 0.2) is 10.5 Å². The Hall–Kier alpha value is -0.650. The van der Waals surface area contributed by atoms with Crippen molar-refractivity contribution in [3.05, 3.63) is 27.5 Å². The Labute approximate surface area is 96.4 Å². The third kappa shape index (κ3) is 2.68. The molecule has 0 unspecified atom stereocenters. The summed E-state index contributed by atoms with van der Waals surface area (Å²) in [5, 5.41) is 0. The zero-order chi connectivity index (χ0) is 11.4. The normalized spacial score (nSPS) is 10.5. The molecule has 0 aromatic heterocycles. The largest absolute Gasteiger partial charge is 0.496 e. The van der Waals surface area contributed by atoms with Crippen molar-refractivity contribution in [2.45, 2.75) is 13.3 Å². The van der Waals surface area contributed by atoms with Crippen LogP contribution >= 0.6 is 15.9 Å². The van der Waals surface area contributed by atoms with E-state index in [1.807, 2.05) is 0 Å². The molecule has 1 rings (SSSR count). The quantitative estimate of drug-likeness (QED) is 0.860. The van der Waals surface area contributed by atoms with Gasteiger partial charge >= 0.3 is 0 Å². The van der Waals surface area contributed by atoms with Gasteiger partial charge in [-0.05, 0) is 34.5 Å². The highest BCUT2D eigenvalue weighted by Gasteiger charge is 2.14. The van der Waals surface area contributed by atoms with E-state index in [0.717, 1.165) is 5.56 Å². The summed E-state index contributed by atoms with van der Waals surface area (Å²) in [6.45, 7) is 2.04. The van der Waals surface area contributed by atoms with Crippen LogP contribution in [-0.4, -0.2) is 13.7 Å². The molecule has 1 aromatic rings. The fourth-order valence-corrected chi connectivity index (χ4v) is 2.01. The molecule has 0 bridgehead atoms. The number of methoxy groups -OCH3 is 1. The highest BCUT2D eigenvalue weighted by Crippen LogP contribution is 2.31. The van der Waals surface area contributed by atoms with Crippen LogP contribution in [0.1, 0.15) is 11.1 Å². The molecule has 0 saturated heterocycles. The predicted molar refractivity (Wildman–Crippen MR) is 59.2 cm³/mol. The summed E-state index contributed by atoms with van der Waals surface area (Å²) in [5.74, 6) is 5.19. The van der Waals surface area contributed by atoms with Gasteiger partial charge in [0.1, 0.15) is 11.6 Å². The molecule has 0 atom stereocenters. The molecule has 0 heterocycles. The van der Waals surface area contributed by atoms with Gasteiger partial charge in [-0.15, -0.1) is 0 Å². The van der Waals surface area contributed by atoms with Crippen molar-refractivity contribution in [1.82, 2.24) is 0 Å². The SMILES string of the molecule is COc1c(CCON)cc(Br)c(F)c1C. The lowest BCUT2D eigenvalue weighted by atomic mass is 10.1. The lowest BCUT2D eigenvalue weighted by Crippen LogP contribution is -2.06. The van der Waals surface area contributed by atoms with Crippen molar-refractivity contribution < 1.29 is 14.0 Å². The summed E-state index contributed by atoms with van der Waals surface area (Å²) < 4.78 is 19.1. The maximum atomic E-state index is 13.5. The molecule has 15 heavy (non-hydrogen) atoms. The van der Waals surface area contributed by atoms with Gasteiger partial charge < -0.3 is 9.57 Å². The molecule has 84 valence electrons. The van der Waals surface area contributed by atoms with Gasteiger partial charge in [0.05, 0.1) is 18.2 Å². The smallest absolute Gasteiger partial charge is 0.143 e. The van der Waals surface area contributed by atoms with Crippen LogP contribution in [0.5, 0.6) is 5.75 Å². The van der Waals surface area contributed by atoms with Crippen molar-refractivity contribution in [1.29, 1.82) is 0 Å². The highest BCUT2D eigenvalue weighted by atomic mass is 79.9. The van der Waals surface area contributed by atoms with Crippen LogP contribution in [0.25, 0.3) is 0 Å². The van der Waals surface area contributed by atoms with E-state index in [1.54, 1.807) is 13.0 Å². The number of nitrogens with two attached hydrogens (primary N) is 1. The first-order valence-corrected chi connectivity index (χ1v) is 5.24. The van der Waals surface area contributed by atoms with Gasteiger partial charge in [0, 0.05) is 12.0 Å². The van der Waals surface area contributed by atoms with E-state index in [2.05, 4.69) is 20.8 Å². The van der Waals surface area contributed by atoms with Crippen molar-refractivity contribution in [2.75, 3.05) is 13.7 Å². The Kier molecular flexibility index (Phi) is 4.50.